The molecule has 0 aliphatic rings. The molecule has 0 unspecified atom stereocenters. The zero-order chi connectivity index (χ0) is 13.9. The van der Waals surface area contributed by atoms with E-state index in [1.54, 1.807) is 24.2 Å². The molecule has 1 aromatic heterocycles. The molecule has 102 valence electrons. The predicted octanol–water partition coefficient (Wildman–Crippen LogP) is 1.32. The maximum Gasteiger partial charge on any atom is 0.270 e. The Kier molecular flexibility index (Phi) is 4.40. The number of amides is 1. The van der Waals surface area contributed by atoms with Gasteiger partial charge in [0, 0.05) is 19.8 Å². The van der Waals surface area contributed by atoms with Gasteiger partial charge in [-0.15, -0.1) is 0 Å². The molecule has 0 fully saturated rings. The lowest BCUT2D eigenvalue weighted by atomic mass is 10.0. The first-order valence-corrected chi connectivity index (χ1v) is 6.18. The van der Waals surface area contributed by atoms with Crippen LogP contribution in [0.15, 0.2) is 12.3 Å². The average molecular weight is 253 g/mol. The number of carbonyl (C=O) groups excluding carboxylic acids is 1. The molecule has 0 saturated carbocycles. The van der Waals surface area contributed by atoms with Gasteiger partial charge in [0.1, 0.15) is 5.69 Å². The van der Waals surface area contributed by atoms with E-state index in [1.165, 1.54) is 0 Å². The fraction of sp³-hybridized carbons (Fsp3) is 0.615. The third-order valence-electron chi connectivity index (χ3n) is 3.20. The minimum absolute atomic E-state index is 0.0841. The molecule has 0 saturated heterocycles. The van der Waals surface area contributed by atoms with E-state index in [4.69, 9.17) is 5.73 Å². The van der Waals surface area contributed by atoms with Crippen LogP contribution in [0.4, 0.5) is 5.69 Å². The maximum atomic E-state index is 12.4. The third-order valence-corrected chi connectivity index (χ3v) is 3.20. The van der Waals surface area contributed by atoms with Crippen LogP contribution in [-0.4, -0.2) is 39.7 Å². The molecule has 0 spiro atoms. The topological polar surface area (TPSA) is 71.5 Å². The van der Waals surface area contributed by atoms with Crippen LogP contribution in [0.25, 0.3) is 0 Å². The molecular weight excluding hydrogens is 230 g/mol. The number of aliphatic hydroxyl groups excluding tert-OH is 1. The summed E-state index contributed by atoms with van der Waals surface area (Å²) in [5.74, 6) is -0.126. The first-order valence-electron chi connectivity index (χ1n) is 6.18. The summed E-state index contributed by atoms with van der Waals surface area (Å²) >= 11 is 0. The second-order valence-corrected chi connectivity index (χ2v) is 5.19. The van der Waals surface area contributed by atoms with Gasteiger partial charge in [0.25, 0.3) is 5.91 Å². The molecule has 1 aromatic rings. The van der Waals surface area contributed by atoms with Gasteiger partial charge in [-0.3, -0.25) is 4.79 Å². The van der Waals surface area contributed by atoms with Crippen molar-refractivity contribution >= 4 is 11.6 Å². The molecular formula is C13H23N3O2. The number of aryl methyl sites for hydroxylation is 1. The van der Waals surface area contributed by atoms with Crippen molar-refractivity contribution in [2.24, 2.45) is 0 Å². The van der Waals surface area contributed by atoms with Crippen molar-refractivity contribution in [3.8, 4) is 0 Å². The number of hydrogen-bond acceptors (Lipinski definition) is 3. The van der Waals surface area contributed by atoms with Crippen molar-refractivity contribution in [2.75, 3.05) is 19.4 Å². The quantitative estimate of drug-likeness (QED) is 0.831. The Bertz CT molecular complexity index is 424. The number of hydrogen-bond donors (Lipinski definition) is 2. The van der Waals surface area contributed by atoms with Crippen LogP contribution < -0.4 is 5.73 Å². The summed E-state index contributed by atoms with van der Waals surface area (Å²) in [4.78, 5) is 13.9. The zero-order valence-electron chi connectivity index (χ0n) is 11.6. The van der Waals surface area contributed by atoms with Gasteiger partial charge in [-0.25, -0.2) is 0 Å². The standard InChI is InChI=1S/C13H23N3O2/c1-5-6-16-8-10(14)7-11(16)12(18)15(4)13(2,3)9-17/h7-8,17H,5-6,9,14H2,1-4H3. The highest BCUT2D eigenvalue weighted by Gasteiger charge is 2.29. The predicted molar refractivity (Wildman–Crippen MR) is 72.4 cm³/mol. The van der Waals surface area contributed by atoms with Crippen molar-refractivity contribution in [1.82, 2.24) is 9.47 Å². The van der Waals surface area contributed by atoms with E-state index in [1.807, 2.05) is 25.3 Å². The molecule has 0 bridgehead atoms. The van der Waals surface area contributed by atoms with E-state index >= 15 is 0 Å². The first kappa shape index (κ1) is 14.6. The molecule has 1 rings (SSSR count). The van der Waals surface area contributed by atoms with Gasteiger partial charge in [0.05, 0.1) is 17.8 Å². The van der Waals surface area contributed by atoms with Gasteiger partial charge < -0.3 is 20.3 Å². The minimum atomic E-state index is -0.590. The second-order valence-electron chi connectivity index (χ2n) is 5.19. The molecule has 3 N–H and O–H groups in total. The van der Waals surface area contributed by atoms with Gasteiger partial charge >= 0.3 is 0 Å². The Morgan fingerprint density at radius 2 is 2.17 bits per heavy atom. The molecule has 0 aromatic carbocycles. The highest BCUT2D eigenvalue weighted by atomic mass is 16.3. The summed E-state index contributed by atoms with van der Waals surface area (Å²) < 4.78 is 1.86. The van der Waals surface area contributed by atoms with E-state index in [0.29, 0.717) is 11.4 Å². The van der Waals surface area contributed by atoms with E-state index < -0.39 is 5.54 Å². The van der Waals surface area contributed by atoms with Crippen molar-refractivity contribution in [1.29, 1.82) is 0 Å². The molecule has 0 radical (unpaired) electrons. The summed E-state index contributed by atoms with van der Waals surface area (Å²) in [5, 5.41) is 9.31. The van der Waals surface area contributed by atoms with Crippen molar-refractivity contribution in [2.45, 2.75) is 39.3 Å². The van der Waals surface area contributed by atoms with E-state index in [0.717, 1.165) is 13.0 Å². The third kappa shape index (κ3) is 2.85. The van der Waals surface area contributed by atoms with Gasteiger partial charge in [0.2, 0.25) is 0 Å². The number of nitrogens with two attached hydrogens (primary N) is 1. The number of rotatable bonds is 5. The van der Waals surface area contributed by atoms with Crippen LogP contribution in [-0.2, 0) is 6.54 Å². The van der Waals surface area contributed by atoms with E-state index in [2.05, 4.69) is 0 Å². The lowest BCUT2D eigenvalue weighted by Gasteiger charge is -2.34. The average Bonchev–Trinajstić information content (AvgIpc) is 2.69. The summed E-state index contributed by atoms with van der Waals surface area (Å²) in [6.45, 7) is 6.36. The lowest BCUT2D eigenvalue weighted by molar-refractivity contribution is 0.0463. The second kappa shape index (κ2) is 5.44. The summed E-state index contributed by atoms with van der Waals surface area (Å²) in [5.41, 5.74) is 6.31. The summed E-state index contributed by atoms with van der Waals surface area (Å²) in [7, 11) is 1.69. The fourth-order valence-corrected chi connectivity index (χ4v) is 1.69. The molecule has 18 heavy (non-hydrogen) atoms. The Morgan fingerprint density at radius 3 is 2.67 bits per heavy atom. The SMILES string of the molecule is CCCn1cc(N)cc1C(=O)N(C)C(C)(C)CO. The lowest BCUT2D eigenvalue weighted by Crippen LogP contribution is -2.48. The monoisotopic (exact) mass is 253 g/mol. The maximum absolute atomic E-state index is 12.4. The molecule has 0 atom stereocenters. The zero-order valence-corrected chi connectivity index (χ0v) is 11.6. The summed E-state index contributed by atoms with van der Waals surface area (Å²) in [6, 6.07) is 1.68. The van der Waals surface area contributed by atoms with Crippen molar-refractivity contribution in [3.05, 3.63) is 18.0 Å². The van der Waals surface area contributed by atoms with E-state index in [9.17, 15) is 9.90 Å². The number of likely N-dealkylation sites (N-methyl/N-ethyl adjacent to an activating group) is 1. The van der Waals surface area contributed by atoms with Crippen LogP contribution >= 0.6 is 0 Å². The molecule has 5 nitrogen and oxygen atoms in total. The number of carbonyl (C=O) groups is 1. The molecule has 0 aliphatic carbocycles. The highest BCUT2D eigenvalue weighted by molar-refractivity contribution is 5.94. The van der Waals surface area contributed by atoms with Crippen molar-refractivity contribution in [3.63, 3.8) is 0 Å². The normalized spacial score (nSPS) is 11.6. The number of anilines is 1. The van der Waals surface area contributed by atoms with Gasteiger partial charge in [0.15, 0.2) is 0 Å². The van der Waals surface area contributed by atoms with E-state index in [-0.39, 0.29) is 12.5 Å². The fourth-order valence-electron chi connectivity index (χ4n) is 1.69. The number of nitrogen functional groups attached to an aromatic ring is 1. The van der Waals surface area contributed by atoms with Gasteiger partial charge in [-0.05, 0) is 26.3 Å². The number of aromatic nitrogens is 1. The molecule has 1 amide bonds. The first-order chi connectivity index (χ1) is 8.33. The van der Waals surface area contributed by atoms with Crippen LogP contribution in [0.2, 0.25) is 0 Å². The Balaban J connectivity index is 3.03. The Morgan fingerprint density at radius 1 is 1.56 bits per heavy atom. The molecule has 0 aliphatic heterocycles. The molecule has 5 heteroatoms. The Hall–Kier alpha value is -1.49. The highest BCUT2D eigenvalue weighted by Crippen LogP contribution is 2.18. The van der Waals surface area contributed by atoms with Gasteiger partial charge in [-0.2, -0.15) is 0 Å². The van der Waals surface area contributed by atoms with Crippen molar-refractivity contribution < 1.29 is 9.90 Å². The molecule has 1 heterocycles. The number of nitrogens with zero attached hydrogens (tertiary/aromatic N) is 2. The summed E-state index contributed by atoms with van der Waals surface area (Å²) in [6.07, 6.45) is 2.71. The Labute approximate surface area is 108 Å². The van der Waals surface area contributed by atoms with Gasteiger partial charge in [-0.1, -0.05) is 6.92 Å². The smallest absolute Gasteiger partial charge is 0.270 e. The minimum Gasteiger partial charge on any atom is -0.397 e. The number of aliphatic hydroxyl groups is 1. The van der Waals surface area contributed by atoms with Crippen LogP contribution in [0, 0.1) is 0 Å². The van der Waals surface area contributed by atoms with Crippen LogP contribution in [0.5, 0.6) is 0 Å². The van der Waals surface area contributed by atoms with Crippen LogP contribution in [0.1, 0.15) is 37.7 Å². The van der Waals surface area contributed by atoms with Crippen LogP contribution in [0.3, 0.4) is 0 Å². The largest absolute Gasteiger partial charge is 0.397 e.